The van der Waals surface area contributed by atoms with Crippen LogP contribution in [0.2, 0.25) is 0 Å². The SMILES string of the molecule is CC(C)(C)OC(=O)CNC1CCN(C(=O)N[C@@H](Cc2ccccc2)C(=O)N2CCC[C@H]2C(=O)O)CC1. The number of hydrogen-bond donors (Lipinski definition) is 3. The summed E-state index contributed by atoms with van der Waals surface area (Å²) in [6, 6.07) is 7.39. The van der Waals surface area contributed by atoms with Gasteiger partial charge in [0.15, 0.2) is 0 Å². The van der Waals surface area contributed by atoms with E-state index in [1.54, 1.807) is 4.90 Å². The molecule has 198 valence electrons. The fourth-order valence-electron chi connectivity index (χ4n) is 4.67. The maximum atomic E-state index is 13.4. The number of amides is 3. The van der Waals surface area contributed by atoms with Gasteiger partial charge >= 0.3 is 18.0 Å². The first-order valence-corrected chi connectivity index (χ1v) is 12.6. The van der Waals surface area contributed by atoms with Crippen LogP contribution in [0, 0.1) is 0 Å². The van der Waals surface area contributed by atoms with Crippen LogP contribution < -0.4 is 10.6 Å². The molecule has 0 spiro atoms. The predicted octanol–water partition coefficient (Wildman–Crippen LogP) is 1.78. The Labute approximate surface area is 212 Å². The van der Waals surface area contributed by atoms with E-state index in [0.717, 1.165) is 5.56 Å². The van der Waals surface area contributed by atoms with Gasteiger partial charge in [0.05, 0.1) is 6.54 Å². The standard InChI is InChI=1S/C26H38N4O6/c1-26(2,3)36-22(31)17-27-19-11-14-29(15-12-19)25(35)28-20(16-18-8-5-4-6-9-18)23(32)30-13-7-10-21(30)24(33)34/h4-6,8-9,19-21,27H,7,10-17H2,1-3H3,(H,28,35)(H,33,34)/t20-,21-/m0/s1. The van der Waals surface area contributed by atoms with Gasteiger partial charge < -0.3 is 30.3 Å². The van der Waals surface area contributed by atoms with E-state index >= 15 is 0 Å². The number of carbonyl (C=O) groups is 4. The lowest BCUT2D eigenvalue weighted by Crippen LogP contribution is -2.56. The highest BCUT2D eigenvalue weighted by Crippen LogP contribution is 2.20. The minimum absolute atomic E-state index is 0.0873. The van der Waals surface area contributed by atoms with Crippen LogP contribution in [0.15, 0.2) is 30.3 Å². The van der Waals surface area contributed by atoms with Gasteiger partial charge in [-0.05, 0) is 52.0 Å². The zero-order valence-electron chi connectivity index (χ0n) is 21.4. The number of carboxylic acid groups (broad SMARTS) is 1. The van der Waals surface area contributed by atoms with E-state index in [1.807, 2.05) is 51.1 Å². The monoisotopic (exact) mass is 502 g/mol. The van der Waals surface area contributed by atoms with Gasteiger partial charge in [-0.3, -0.25) is 9.59 Å². The van der Waals surface area contributed by atoms with Crippen LogP contribution >= 0.6 is 0 Å². The van der Waals surface area contributed by atoms with Crippen molar-refractivity contribution in [3.8, 4) is 0 Å². The number of likely N-dealkylation sites (tertiary alicyclic amines) is 2. The number of hydrogen-bond acceptors (Lipinski definition) is 6. The normalized spacial score (nSPS) is 19.6. The van der Waals surface area contributed by atoms with Crippen molar-refractivity contribution < 1.29 is 29.0 Å². The maximum absolute atomic E-state index is 13.4. The quantitative estimate of drug-likeness (QED) is 0.462. The highest BCUT2D eigenvalue weighted by atomic mass is 16.6. The van der Waals surface area contributed by atoms with Gasteiger partial charge in [-0.25, -0.2) is 9.59 Å². The van der Waals surface area contributed by atoms with Crippen molar-refractivity contribution in [1.82, 2.24) is 20.4 Å². The number of piperidine rings is 1. The molecule has 1 aromatic carbocycles. The molecule has 2 fully saturated rings. The molecule has 0 bridgehead atoms. The van der Waals surface area contributed by atoms with Crippen molar-refractivity contribution in [2.75, 3.05) is 26.2 Å². The molecule has 2 heterocycles. The molecule has 10 heteroatoms. The first-order chi connectivity index (χ1) is 17.0. The summed E-state index contributed by atoms with van der Waals surface area (Å²) in [5.74, 6) is -1.70. The molecule has 2 aliphatic rings. The Hall–Kier alpha value is -3.14. The minimum Gasteiger partial charge on any atom is -0.480 e. The van der Waals surface area contributed by atoms with Crippen molar-refractivity contribution in [2.45, 2.75) is 76.6 Å². The van der Waals surface area contributed by atoms with Crippen molar-refractivity contribution in [3.63, 3.8) is 0 Å². The molecule has 3 amide bonds. The van der Waals surface area contributed by atoms with Gasteiger partial charge in [-0.15, -0.1) is 0 Å². The molecule has 10 nitrogen and oxygen atoms in total. The summed E-state index contributed by atoms with van der Waals surface area (Å²) in [7, 11) is 0. The molecule has 0 radical (unpaired) electrons. The van der Waals surface area contributed by atoms with Crippen molar-refractivity contribution in [3.05, 3.63) is 35.9 Å². The number of urea groups is 1. The van der Waals surface area contributed by atoms with Crippen LogP contribution in [-0.4, -0.2) is 88.7 Å². The zero-order valence-corrected chi connectivity index (χ0v) is 21.4. The second kappa shape index (κ2) is 12.2. The van der Waals surface area contributed by atoms with E-state index in [0.29, 0.717) is 45.3 Å². The lowest BCUT2D eigenvalue weighted by atomic mass is 10.0. The number of aliphatic carboxylic acids is 1. The number of rotatable bonds is 8. The molecule has 36 heavy (non-hydrogen) atoms. The van der Waals surface area contributed by atoms with Crippen molar-refractivity contribution in [1.29, 1.82) is 0 Å². The highest BCUT2D eigenvalue weighted by molar-refractivity contribution is 5.90. The lowest BCUT2D eigenvalue weighted by molar-refractivity contribution is -0.153. The number of carboxylic acids is 1. The summed E-state index contributed by atoms with van der Waals surface area (Å²) in [4.78, 5) is 53.1. The minimum atomic E-state index is -1.02. The molecule has 0 unspecified atom stereocenters. The Morgan fingerprint density at radius 1 is 1.06 bits per heavy atom. The van der Waals surface area contributed by atoms with Gasteiger partial charge in [-0.1, -0.05) is 30.3 Å². The first kappa shape index (κ1) is 27.4. The van der Waals surface area contributed by atoms with E-state index in [9.17, 15) is 24.3 Å². The molecule has 3 rings (SSSR count). The first-order valence-electron chi connectivity index (χ1n) is 12.6. The summed E-state index contributed by atoms with van der Waals surface area (Å²) >= 11 is 0. The van der Waals surface area contributed by atoms with Crippen LogP contribution in [0.4, 0.5) is 4.79 Å². The van der Waals surface area contributed by atoms with E-state index in [2.05, 4.69) is 10.6 Å². The van der Waals surface area contributed by atoms with Gasteiger partial charge in [0, 0.05) is 32.1 Å². The van der Waals surface area contributed by atoms with E-state index < -0.39 is 23.7 Å². The molecule has 0 aliphatic carbocycles. The third-order valence-corrected chi connectivity index (χ3v) is 6.44. The average Bonchev–Trinajstić information content (AvgIpc) is 3.32. The Morgan fingerprint density at radius 3 is 2.33 bits per heavy atom. The molecule has 2 atom stereocenters. The number of esters is 1. The summed E-state index contributed by atoms with van der Waals surface area (Å²) in [5, 5.41) is 15.6. The summed E-state index contributed by atoms with van der Waals surface area (Å²) < 4.78 is 5.32. The summed E-state index contributed by atoms with van der Waals surface area (Å²) in [6.45, 7) is 6.90. The predicted molar refractivity (Wildman–Crippen MR) is 133 cm³/mol. The van der Waals surface area contributed by atoms with Crippen LogP contribution in [0.5, 0.6) is 0 Å². The smallest absolute Gasteiger partial charge is 0.326 e. The number of carbonyl (C=O) groups excluding carboxylic acids is 3. The Balaban J connectivity index is 1.57. The van der Waals surface area contributed by atoms with Gasteiger partial charge in [-0.2, -0.15) is 0 Å². The molecular formula is C26H38N4O6. The van der Waals surface area contributed by atoms with Crippen molar-refractivity contribution in [2.24, 2.45) is 0 Å². The van der Waals surface area contributed by atoms with E-state index in [4.69, 9.17) is 4.74 Å². The number of benzene rings is 1. The number of ether oxygens (including phenoxy) is 1. The Bertz CT molecular complexity index is 924. The van der Waals surface area contributed by atoms with Crippen LogP contribution in [0.1, 0.15) is 52.0 Å². The fraction of sp³-hybridized carbons (Fsp3) is 0.615. The molecule has 2 aliphatic heterocycles. The maximum Gasteiger partial charge on any atom is 0.326 e. The van der Waals surface area contributed by atoms with Crippen molar-refractivity contribution >= 4 is 23.9 Å². The Morgan fingerprint density at radius 2 is 1.72 bits per heavy atom. The molecule has 0 aromatic heterocycles. The highest BCUT2D eigenvalue weighted by Gasteiger charge is 2.38. The zero-order chi connectivity index (χ0) is 26.3. The molecular weight excluding hydrogens is 464 g/mol. The topological polar surface area (TPSA) is 128 Å². The number of nitrogens with one attached hydrogen (secondary N) is 2. The molecule has 2 saturated heterocycles. The second-order valence-corrected chi connectivity index (χ2v) is 10.4. The van der Waals surface area contributed by atoms with E-state index in [-0.39, 0.29) is 36.9 Å². The lowest BCUT2D eigenvalue weighted by Gasteiger charge is -2.34. The Kier molecular flexibility index (Phi) is 9.31. The number of nitrogens with zero attached hydrogens (tertiary/aromatic N) is 2. The molecule has 1 aromatic rings. The van der Waals surface area contributed by atoms with Gasteiger partial charge in [0.1, 0.15) is 17.7 Å². The second-order valence-electron chi connectivity index (χ2n) is 10.4. The largest absolute Gasteiger partial charge is 0.480 e. The summed E-state index contributed by atoms with van der Waals surface area (Å²) in [6.07, 6.45) is 2.65. The van der Waals surface area contributed by atoms with Crippen LogP contribution in [0.25, 0.3) is 0 Å². The third-order valence-electron chi connectivity index (χ3n) is 6.44. The van der Waals surface area contributed by atoms with Crippen LogP contribution in [-0.2, 0) is 25.5 Å². The van der Waals surface area contributed by atoms with Gasteiger partial charge in [0.25, 0.3) is 0 Å². The summed E-state index contributed by atoms with van der Waals surface area (Å²) in [5.41, 5.74) is 0.348. The third kappa shape index (κ3) is 7.94. The average molecular weight is 503 g/mol. The molecule has 0 saturated carbocycles. The van der Waals surface area contributed by atoms with E-state index in [1.165, 1.54) is 4.90 Å². The fourth-order valence-corrected chi connectivity index (χ4v) is 4.67. The van der Waals surface area contributed by atoms with Gasteiger partial charge in [0.2, 0.25) is 5.91 Å². The molecule has 3 N–H and O–H groups in total. The van der Waals surface area contributed by atoms with Crippen LogP contribution in [0.3, 0.4) is 0 Å².